The summed E-state index contributed by atoms with van der Waals surface area (Å²) >= 11 is 3.32. The number of aromatic nitrogens is 1. The Morgan fingerprint density at radius 3 is 3.06 bits per heavy atom. The van der Waals surface area contributed by atoms with Crippen molar-refractivity contribution in [1.29, 1.82) is 0 Å². The Morgan fingerprint density at radius 2 is 2.25 bits per heavy atom. The summed E-state index contributed by atoms with van der Waals surface area (Å²) in [6.07, 6.45) is 4.25. The van der Waals surface area contributed by atoms with Crippen LogP contribution in [0.1, 0.15) is 0 Å². The molecule has 2 N–H and O–H groups in total. The third-order valence-electron chi connectivity index (χ3n) is 2.87. The molecule has 1 aliphatic heterocycles. The van der Waals surface area contributed by atoms with Crippen LogP contribution in [0.5, 0.6) is 5.75 Å². The summed E-state index contributed by atoms with van der Waals surface area (Å²) in [5.41, 5.74) is 1.04. The molecule has 2 heterocycles. The van der Waals surface area contributed by atoms with Gasteiger partial charge in [0.05, 0.1) is 9.82 Å². The Labute approximate surface area is 101 Å². The Morgan fingerprint density at radius 1 is 1.44 bits per heavy atom. The van der Waals surface area contributed by atoms with Crippen LogP contribution in [-0.4, -0.2) is 28.6 Å². The largest absolute Gasteiger partial charge is 0.507 e. The van der Waals surface area contributed by atoms with Crippen LogP contribution >= 0.6 is 15.9 Å². The van der Waals surface area contributed by atoms with Crippen molar-refractivity contribution in [3.05, 3.63) is 27.2 Å². The standard InChI is InChI=1S/C12H11BrN2O/c1-15-3-2-7-8-4-12(16)9(13)5-10(8)14-11(7)6-15/h2,4-6,14,16H,3H2,1H3. The van der Waals surface area contributed by atoms with Crippen LogP contribution in [0.4, 0.5) is 0 Å². The average molecular weight is 279 g/mol. The molecular weight excluding hydrogens is 268 g/mol. The first-order valence-electron chi connectivity index (χ1n) is 5.07. The fourth-order valence-corrected chi connectivity index (χ4v) is 2.42. The van der Waals surface area contributed by atoms with Crippen LogP contribution in [0.2, 0.25) is 0 Å². The minimum absolute atomic E-state index is 0.279. The minimum Gasteiger partial charge on any atom is -0.507 e. The first kappa shape index (κ1) is 9.78. The third-order valence-corrected chi connectivity index (χ3v) is 3.50. The van der Waals surface area contributed by atoms with Crippen molar-refractivity contribution >= 4 is 39.1 Å². The number of phenolic OH excluding ortho intramolecular Hbond substituents is 1. The van der Waals surface area contributed by atoms with Crippen molar-refractivity contribution in [2.45, 2.75) is 0 Å². The highest BCUT2D eigenvalue weighted by Gasteiger charge is 2.08. The second-order valence-electron chi connectivity index (χ2n) is 4.07. The molecule has 3 rings (SSSR count). The number of nitrogens with zero attached hydrogens (tertiary/aromatic N) is 1. The van der Waals surface area contributed by atoms with Crippen LogP contribution in [0, 0.1) is 0 Å². The summed E-state index contributed by atoms with van der Waals surface area (Å²) in [6, 6.07) is 3.70. The topological polar surface area (TPSA) is 39.3 Å². The van der Waals surface area contributed by atoms with Crippen molar-refractivity contribution in [3.8, 4) is 5.75 Å². The monoisotopic (exact) mass is 278 g/mol. The number of hydrogen-bond acceptors (Lipinski definition) is 2. The lowest BCUT2D eigenvalue weighted by Gasteiger charge is -2.12. The molecule has 1 aromatic carbocycles. The Balaban J connectivity index is 2.48. The SMILES string of the molecule is CN1C=c2[nH]c3cc(Br)c(O)cc3c2=CC1. The maximum absolute atomic E-state index is 9.69. The predicted molar refractivity (Wildman–Crippen MR) is 68.5 cm³/mol. The number of H-pyrrole nitrogens is 1. The summed E-state index contributed by atoms with van der Waals surface area (Å²) in [6.45, 7) is 0.900. The molecule has 4 heteroatoms. The van der Waals surface area contributed by atoms with Crippen molar-refractivity contribution in [2.24, 2.45) is 0 Å². The summed E-state index contributed by atoms with van der Waals surface area (Å²) in [5, 5.41) is 13.0. The number of hydrogen-bond donors (Lipinski definition) is 2. The third kappa shape index (κ3) is 1.33. The normalized spacial score (nSPS) is 14.5. The van der Waals surface area contributed by atoms with E-state index < -0.39 is 0 Å². The highest BCUT2D eigenvalue weighted by Crippen LogP contribution is 2.26. The molecular formula is C12H11BrN2O. The second-order valence-corrected chi connectivity index (χ2v) is 4.93. The Hall–Kier alpha value is -1.42. The smallest absolute Gasteiger partial charge is 0.130 e. The zero-order chi connectivity index (χ0) is 11.3. The molecule has 0 spiro atoms. The van der Waals surface area contributed by atoms with Crippen LogP contribution in [0.3, 0.4) is 0 Å². The van der Waals surface area contributed by atoms with E-state index in [-0.39, 0.29) is 5.75 Å². The van der Waals surface area contributed by atoms with Gasteiger partial charge in [0.25, 0.3) is 0 Å². The summed E-state index contributed by atoms with van der Waals surface area (Å²) in [4.78, 5) is 5.46. The van der Waals surface area contributed by atoms with Gasteiger partial charge in [-0.2, -0.15) is 0 Å². The lowest BCUT2D eigenvalue weighted by molar-refractivity contribution is 0.473. The molecule has 0 saturated heterocycles. The van der Waals surface area contributed by atoms with Crippen LogP contribution in [-0.2, 0) is 0 Å². The molecule has 0 fully saturated rings. The van der Waals surface area contributed by atoms with E-state index in [2.05, 4.69) is 38.1 Å². The van der Waals surface area contributed by atoms with Gasteiger partial charge in [-0.25, -0.2) is 0 Å². The van der Waals surface area contributed by atoms with Gasteiger partial charge in [-0.05, 0) is 28.1 Å². The van der Waals surface area contributed by atoms with Gasteiger partial charge in [0.2, 0.25) is 0 Å². The summed E-state index contributed by atoms with van der Waals surface area (Å²) < 4.78 is 0.715. The van der Waals surface area contributed by atoms with Gasteiger partial charge in [0.1, 0.15) is 5.75 Å². The fraction of sp³-hybridized carbons (Fsp3) is 0.167. The van der Waals surface area contributed by atoms with Gasteiger partial charge >= 0.3 is 0 Å². The predicted octanol–water partition coefficient (Wildman–Crippen LogP) is 1.10. The summed E-state index contributed by atoms with van der Waals surface area (Å²) in [7, 11) is 2.04. The van der Waals surface area contributed by atoms with E-state index in [0.717, 1.165) is 22.8 Å². The Bertz CT molecular complexity index is 687. The molecule has 0 unspecified atom stereocenters. The molecule has 82 valence electrons. The van der Waals surface area contributed by atoms with E-state index in [0.29, 0.717) is 4.47 Å². The van der Waals surface area contributed by atoms with E-state index in [1.54, 1.807) is 6.07 Å². The Kier molecular flexibility index (Phi) is 2.01. The molecule has 1 aromatic heterocycles. The van der Waals surface area contributed by atoms with Crippen molar-refractivity contribution in [2.75, 3.05) is 13.6 Å². The van der Waals surface area contributed by atoms with E-state index >= 15 is 0 Å². The van der Waals surface area contributed by atoms with Crippen LogP contribution in [0.25, 0.3) is 23.2 Å². The molecule has 0 atom stereocenters. The van der Waals surface area contributed by atoms with Gasteiger partial charge in [-0.3, -0.25) is 0 Å². The van der Waals surface area contributed by atoms with Gasteiger partial charge in [0, 0.05) is 35.9 Å². The molecule has 2 aromatic rings. The van der Waals surface area contributed by atoms with E-state index in [9.17, 15) is 5.11 Å². The molecule has 0 aliphatic carbocycles. The number of rotatable bonds is 0. The number of nitrogens with one attached hydrogen (secondary N) is 1. The van der Waals surface area contributed by atoms with Crippen molar-refractivity contribution in [1.82, 2.24) is 9.88 Å². The van der Waals surface area contributed by atoms with Gasteiger partial charge in [0.15, 0.2) is 0 Å². The van der Waals surface area contributed by atoms with Gasteiger partial charge < -0.3 is 15.0 Å². The molecule has 16 heavy (non-hydrogen) atoms. The van der Waals surface area contributed by atoms with E-state index in [4.69, 9.17) is 0 Å². The number of halogens is 1. The maximum Gasteiger partial charge on any atom is 0.130 e. The van der Waals surface area contributed by atoms with Gasteiger partial charge in [-0.1, -0.05) is 6.08 Å². The lowest BCUT2D eigenvalue weighted by atomic mass is 10.2. The van der Waals surface area contributed by atoms with Crippen molar-refractivity contribution in [3.63, 3.8) is 0 Å². The molecule has 0 amide bonds. The molecule has 0 bridgehead atoms. The molecule has 0 radical (unpaired) electrons. The summed E-state index contributed by atoms with van der Waals surface area (Å²) in [5.74, 6) is 0.279. The number of aromatic hydroxyl groups is 1. The number of benzene rings is 1. The minimum atomic E-state index is 0.279. The van der Waals surface area contributed by atoms with Gasteiger partial charge in [-0.15, -0.1) is 0 Å². The lowest BCUT2D eigenvalue weighted by Crippen LogP contribution is -2.32. The zero-order valence-corrected chi connectivity index (χ0v) is 10.4. The highest BCUT2D eigenvalue weighted by molar-refractivity contribution is 9.10. The second kappa shape index (κ2) is 3.28. The highest BCUT2D eigenvalue weighted by atomic mass is 79.9. The van der Waals surface area contributed by atoms with E-state index in [1.807, 2.05) is 13.1 Å². The fourth-order valence-electron chi connectivity index (χ4n) is 2.08. The zero-order valence-electron chi connectivity index (χ0n) is 8.79. The van der Waals surface area contributed by atoms with Crippen LogP contribution < -0.4 is 10.6 Å². The number of aromatic amines is 1. The molecule has 0 saturated carbocycles. The first-order valence-corrected chi connectivity index (χ1v) is 5.87. The quantitative estimate of drug-likeness (QED) is 0.758. The first-order chi connectivity index (χ1) is 7.65. The average Bonchev–Trinajstić information content (AvgIpc) is 2.55. The van der Waals surface area contributed by atoms with E-state index in [1.165, 1.54) is 5.22 Å². The van der Waals surface area contributed by atoms with Crippen molar-refractivity contribution < 1.29 is 5.11 Å². The molecule has 1 aliphatic rings. The number of phenols is 1. The van der Waals surface area contributed by atoms with Crippen LogP contribution in [0.15, 0.2) is 16.6 Å². The maximum atomic E-state index is 9.69. The molecule has 3 nitrogen and oxygen atoms in total. The number of fused-ring (bicyclic) bond motifs is 3.